The van der Waals surface area contributed by atoms with Gasteiger partial charge in [0.2, 0.25) is 0 Å². The maximum atomic E-state index is 5.79. The topological polar surface area (TPSA) is 52.0 Å². The van der Waals surface area contributed by atoms with Crippen LogP contribution < -0.4 is 11.5 Å². The average Bonchev–Trinajstić information content (AvgIpc) is 1.92. The highest BCUT2D eigenvalue weighted by Gasteiger charge is 2.12. The molecule has 0 spiro atoms. The SMILES string of the molecule is NC1CC/C=C\CC[C@@H]1N. The number of rotatable bonds is 0. The third-order valence-corrected chi connectivity index (χ3v) is 2.05. The van der Waals surface area contributed by atoms with Gasteiger partial charge in [-0.1, -0.05) is 12.2 Å². The molecule has 1 aliphatic rings. The molecule has 0 fully saturated rings. The first-order valence-corrected chi connectivity index (χ1v) is 3.97. The Kier molecular flexibility index (Phi) is 2.90. The normalized spacial score (nSPS) is 38.2. The van der Waals surface area contributed by atoms with Crippen LogP contribution in [0.4, 0.5) is 0 Å². The molecule has 1 rings (SSSR count). The third-order valence-electron chi connectivity index (χ3n) is 2.05. The maximum Gasteiger partial charge on any atom is 0.0195 e. The zero-order valence-corrected chi connectivity index (χ0v) is 6.29. The molecule has 0 radical (unpaired) electrons. The van der Waals surface area contributed by atoms with E-state index in [2.05, 4.69) is 12.2 Å². The molecule has 0 aromatic heterocycles. The second-order valence-corrected chi connectivity index (χ2v) is 2.95. The molecule has 0 saturated heterocycles. The van der Waals surface area contributed by atoms with Crippen LogP contribution in [0.25, 0.3) is 0 Å². The Hall–Kier alpha value is -0.340. The van der Waals surface area contributed by atoms with Crippen molar-refractivity contribution in [1.82, 2.24) is 0 Å². The van der Waals surface area contributed by atoms with Crippen LogP contribution in [-0.2, 0) is 0 Å². The average molecular weight is 140 g/mol. The largest absolute Gasteiger partial charge is 0.326 e. The van der Waals surface area contributed by atoms with Crippen LogP contribution in [0.5, 0.6) is 0 Å². The summed E-state index contributed by atoms with van der Waals surface area (Å²) in [6.07, 6.45) is 8.66. The van der Waals surface area contributed by atoms with Gasteiger partial charge in [0.15, 0.2) is 0 Å². The van der Waals surface area contributed by atoms with Gasteiger partial charge in [0, 0.05) is 12.1 Å². The van der Waals surface area contributed by atoms with Crippen LogP contribution in [0.3, 0.4) is 0 Å². The van der Waals surface area contributed by atoms with Gasteiger partial charge in [-0.3, -0.25) is 0 Å². The minimum absolute atomic E-state index is 0.213. The highest BCUT2D eigenvalue weighted by molar-refractivity contribution is 4.90. The van der Waals surface area contributed by atoms with E-state index in [9.17, 15) is 0 Å². The van der Waals surface area contributed by atoms with Crippen LogP contribution in [0.15, 0.2) is 12.2 Å². The fourth-order valence-electron chi connectivity index (χ4n) is 1.24. The van der Waals surface area contributed by atoms with Gasteiger partial charge in [-0.15, -0.1) is 0 Å². The molecule has 0 amide bonds. The lowest BCUT2D eigenvalue weighted by Gasteiger charge is -2.19. The maximum absolute atomic E-state index is 5.79. The fraction of sp³-hybridized carbons (Fsp3) is 0.750. The van der Waals surface area contributed by atoms with Crippen LogP contribution in [0.1, 0.15) is 25.7 Å². The van der Waals surface area contributed by atoms with E-state index in [1.165, 1.54) is 0 Å². The van der Waals surface area contributed by atoms with Crippen molar-refractivity contribution < 1.29 is 0 Å². The van der Waals surface area contributed by atoms with Gasteiger partial charge in [-0.25, -0.2) is 0 Å². The van der Waals surface area contributed by atoms with Crippen molar-refractivity contribution in [1.29, 1.82) is 0 Å². The van der Waals surface area contributed by atoms with E-state index in [0.29, 0.717) is 0 Å². The fourth-order valence-corrected chi connectivity index (χ4v) is 1.24. The van der Waals surface area contributed by atoms with Crippen LogP contribution >= 0.6 is 0 Å². The molecule has 2 atom stereocenters. The molecule has 2 nitrogen and oxygen atoms in total. The number of hydrogen-bond acceptors (Lipinski definition) is 2. The molecule has 0 aromatic carbocycles. The predicted octanol–water partition coefficient (Wildman–Crippen LogP) is 0.771. The second kappa shape index (κ2) is 3.74. The lowest BCUT2D eigenvalue weighted by atomic mass is 9.97. The zero-order valence-electron chi connectivity index (χ0n) is 6.29. The smallest absolute Gasteiger partial charge is 0.0195 e. The van der Waals surface area contributed by atoms with Gasteiger partial charge in [-0.2, -0.15) is 0 Å². The zero-order chi connectivity index (χ0) is 7.40. The van der Waals surface area contributed by atoms with E-state index >= 15 is 0 Å². The van der Waals surface area contributed by atoms with Crippen molar-refractivity contribution in [3.05, 3.63) is 12.2 Å². The van der Waals surface area contributed by atoms with E-state index in [1.807, 2.05) is 0 Å². The molecule has 0 saturated carbocycles. The van der Waals surface area contributed by atoms with Gasteiger partial charge >= 0.3 is 0 Å². The lowest BCUT2D eigenvalue weighted by molar-refractivity contribution is 0.468. The van der Waals surface area contributed by atoms with Gasteiger partial charge in [-0.05, 0) is 25.7 Å². The molecule has 4 N–H and O–H groups in total. The summed E-state index contributed by atoms with van der Waals surface area (Å²) in [6, 6.07) is 0.426. The molecule has 58 valence electrons. The van der Waals surface area contributed by atoms with Gasteiger partial charge < -0.3 is 11.5 Å². The van der Waals surface area contributed by atoms with Crippen molar-refractivity contribution in [2.45, 2.75) is 37.8 Å². The van der Waals surface area contributed by atoms with E-state index in [4.69, 9.17) is 11.5 Å². The number of nitrogens with two attached hydrogens (primary N) is 2. The lowest BCUT2D eigenvalue weighted by Crippen LogP contribution is -2.41. The Bertz CT molecular complexity index is 106. The van der Waals surface area contributed by atoms with Gasteiger partial charge in [0.25, 0.3) is 0 Å². The molecule has 2 heteroatoms. The Labute approximate surface area is 62.3 Å². The van der Waals surface area contributed by atoms with Crippen molar-refractivity contribution in [3.8, 4) is 0 Å². The first-order chi connectivity index (χ1) is 4.80. The standard InChI is InChI=1S/C8H16N2/c9-7-5-3-1-2-4-6-8(7)10/h1-2,7-8H,3-6,9-10H2/b2-1-/t7-,8?/m0/s1. The minimum Gasteiger partial charge on any atom is -0.326 e. The molecule has 0 aliphatic heterocycles. The number of allylic oxidation sites excluding steroid dienone is 2. The Morgan fingerprint density at radius 3 is 1.70 bits per heavy atom. The van der Waals surface area contributed by atoms with Gasteiger partial charge in [0.1, 0.15) is 0 Å². The van der Waals surface area contributed by atoms with E-state index in [-0.39, 0.29) is 12.1 Å². The third kappa shape index (κ3) is 2.12. The van der Waals surface area contributed by atoms with Gasteiger partial charge in [0.05, 0.1) is 0 Å². The molecular formula is C8H16N2. The Morgan fingerprint density at radius 1 is 0.900 bits per heavy atom. The van der Waals surface area contributed by atoms with E-state index in [1.54, 1.807) is 0 Å². The Morgan fingerprint density at radius 2 is 1.30 bits per heavy atom. The predicted molar refractivity (Wildman–Crippen MR) is 43.6 cm³/mol. The molecule has 0 heterocycles. The van der Waals surface area contributed by atoms with Crippen molar-refractivity contribution in [2.24, 2.45) is 11.5 Å². The Balaban J connectivity index is 2.40. The minimum atomic E-state index is 0.213. The summed E-state index contributed by atoms with van der Waals surface area (Å²) in [6.45, 7) is 0. The summed E-state index contributed by atoms with van der Waals surface area (Å²) in [4.78, 5) is 0. The monoisotopic (exact) mass is 140 g/mol. The van der Waals surface area contributed by atoms with Crippen LogP contribution in [-0.4, -0.2) is 12.1 Å². The van der Waals surface area contributed by atoms with Crippen LogP contribution in [0.2, 0.25) is 0 Å². The first kappa shape index (κ1) is 7.76. The number of hydrogen-bond donors (Lipinski definition) is 2. The molecule has 10 heavy (non-hydrogen) atoms. The summed E-state index contributed by atoms with van der Waals surface area (Å²) >= 11 is 0. The quantitative estimate of drug-likeness (QED) is 0.488. The molecular weight excluding hydrogens is 124 g/mol. The summed E-state index contributed by atoms with van der Waals surface area (Å²) < 4.78 is 0. The van der Waals surface area contributed by atoms with Crippen molar-refractivity contribution in [2.75, 3.05) is 0 Å². The summed E-state index contributed by atoms with van der Waals surface area (Å²) in [7, 11) is 0. The highest BCUT2D eigenvalue weighted by atomic mass is 14.8. The van der Waals surface area contributed by atoms with Crippen LogP contribution in [0, 0.1) is 0 Å². The summed E-state index contributed by atoms with van der Waals surface area (Å²) in [5, 5.41) is 0. The highest BCUT2D eigenvalue weighted by Crippen LogP contribution is 2.09. The first-order valence-electron chi connectivity index (χ1n) is 3.97. The molecule has 1 unspecified atom stereocenters. The summed E-state index contributed by atoms with van der Waals surface area (Å²) in [5.41, 5.74) is 11.6. The van der Waals surface area contributed by atoms with E-state index < -0.39 is 0 Å². The molecule has 1 aliphatic carbocycles. The van der Waals surface area contributed by atoms with Crippen molar-refractivity contribution >= 4 is 0 Å². The molecule has 0 bridgehead atoms. The van der Waals surface area contributed by atoms with E-state index in [0.717, 1.165) is 25.7 Å². The molecule has 0 aromatic rings. The van der Waals surface area contributed by atoms with Crippen molar-refractivity contribution in [3.63, 3.8) is 0 Å². The summed E-state index contributed by atoms with van der Waals surface area (Å²) in [5.74, 6) is 0. The second-order valence-electron chi connectivity index (χ2n) is 2.95.